The summed E-state index contributed by atoms with van der Waals surface area (Å²) in [6.07, 6.45) is 0.942. The minimum atomic E-state index is -0.535. The molecule has 0 fully saturated rings. The molecule has 1 aliphatic heterocycles. The zero-order valence-corrected chi connectivity index (χ0v) is 19.5. The van der Waals surface area contributed by atoms with Crippen molar-refractivity contribution in [2.24, 2.45) is 5.41 Å². The van der Waals surface area contributed by atoms with E-state index in [2.05, 4.69) is 0 Å². The van der Waals surface area contributed by atoms with Gasteiger partial charge in [0.05, 0.1) is 22.2 Å². The molecule has 1 aliphatic carbocycles. The van der Waals surface area contributed by atoms with Gasteiger partial charge in [0.1, 0.15) is 5.75 Å². The number of nitro groups is 1. The van der Waals surface area contributed by atoms with Crippen LogP contribution in [-0.4, -0.2) is 23.2 Å². The van der Waals surface area contributed by atoms with Gasteiger partial charge in [-0.25, -0.2) is 0 Å². The first-order chi connectivity index (χ1) is 15.6. The van der Waals surface area contributed by atoms with E-state index in [1.165, 1.54) is 23.1 Å². The van der Waals surface area contributed by atoms with Gasteiger partial charge in [0, 0.05) is 47.7 Å². The number of carbonyl (C=O) groups excluding carboxylic acids is 2. The summed E-state index contributed by atoms with van der Waals surface area (Å²) in [7, 11) is 0. The van der Waals surface area contributed by atoms with Crippen molar-refractivity contribution in [2.45, 2.75) is 46.0 Å². The van der Waals surface area contributed by atoms with E-state index in [1.807, 2.05) is 45.0 Å². The van der Waals surface area contributed by atoms with Crippen LogP contribution < -0.4 is 9.64 Å². The van der Waals surface area contributed by atoms with E-state index in [0.29, 0.717) is 42.2 Å². The maximum absolute atomic E-state index is 13.5. The number of hydrogen-bond donors (Lipinski definition) is 0. The predicted molar refractivity (Wildman–Crippen MR) is 126 cm³/mol. The molecular weight excluding hydrogens is 444 g/mol. The van der Waals surface area contributed by atoms with Crippen molar-refractivity contribution in [3.05, 3.63) is 74.4 Å². The second-order valence-electron chi connectivity index (χ2n) is 9.15. The Labute approximate surface area is 197 Å². The fourth-order valence-electron chi connectivity index (χ4n) is 4.81. The van der Waals surface area contributed by atoms with Crippen molar-refractivity contribution in [1.29, 1.82) is 0 Å². The smallest absolute Gasteiger partial charge is 0.271 e. The van der Waals surface area contributed by atoms with Gasteiger partial charge in [-0.15, -0.1) is 0 Å². The molecule has 33 heavy (non-hydrogen) atoms. The molecule has 2 aromatic rings. The molecule has 1 heterocycles. The lowest BCUT2D eigenvalue weighted by Gasteiger charge is -2.43. The monoisotopic (exact) mass is 468 g/mol. The van der Waals surface area contributed by atoms with Crippen molar-refractivity contribution in [1.82, 2.24) is 0 Å². The number of ketones is 1. The highest BCUT2D eigenvalue weighted by Crippen LogP contribution is 2.50. The topological polar surface area (TPSA) is 89.8 Å². The highest BCUT2D eigenvalue weighted by Gasteiger charge is 2.45. The van der Waals surface area contributed by atoms with Crippen LogP contribution in [0.5, 0.6) is 5.75 Å². The van der Waals surface area contributed by atoms with Crippen LogP contribution in [0.15, 0.2) is 53.7 Å². The quantitative estimate of drug-likeness (QED) is 0.408. The third-order valence-electron chi connectivity index (χ3n) is 6.12. The number of carbonyl (C=O) groups is 2. The maximum atomic E-state index is 13.5. The number of amides is 1. The Kier molecular flexibility index (Phi) is 6.01. The number of nitro benzene ring substituents is 1. The normalized spacial score (nSPS) is 20.0. The van der Waals surface area contributed by atoms with E-state index in [1.54, 1.807) is 0 Å². The first-order valence-corrected chi connectivity index (χ1v) is 11.3. The number of hydrogen-bond acceptors (Lipinski definition) is 5. The van der Waals surface area contributed by atoms with Crippen molar-refractivity contribution < 1.29 is 19.2 Å². The molecule has 0 N–H and O–H groups in total. The van der Waals surface area contributed by atoms with Crippen molar-refractivity contribution in [3.8, 4) is 5.75 Å². The zero-order chi connectivity index (χ0) is 23.9. The first kappa shape index (κ1) is 23.0. The third-order valence-corrected chi connectivity index (χ3v) is 6.42. The molecule has 1 amide bonds. The van der Waals surface area contributed by atoms with Crippen molar-refractivity contribution in [3.63, 3.8) is 0 Å². The summed E-state index contributed by atoms with van der Waals surface area (Å²) in [5.41, 5.74) is 1.86. The first-order valence-electron chi connectivity index (χ1n) is 10.9. The SMILES string of the molecule is CCOc1ccccc1C1CC(=O)N(c2ccc([N+](=O)[O-])cc2Cl)C2=C1C(=O)CC(C)(C)C2. The molecule has 172 valence electrons. The van der Waals surface area contributed by atoms with E-state index >= 15 is 0 Å². The lowest BCUT2D eigenvalue weighted by atomic mass is 9.69. The van der Waals surface area contributed by atoms with Gasteiger partial charge < -0.3 is 4.74 Å². The summed E-state index contributed by atoms with van der Waals surface area (Å²) in [6.45, 7) is 6.34. The summed E-state index contributed by atoms with van der Waals surface area (Å²) < 4.78 is 5.80. The maximum Gasteiger partial charge on any atom is 0.271 e. The standard InChI is InChI=1S/C25H25ClN2O5/c1-4-33-22-8-6-5-7-16(22)17-12-23(30)27(19-10-9-15(28(31)32)11-18(19)26)20-13-25(2,3)14-21(29)24(17)20/h5-11,17H,4,12-14H2,1-3H3. The fourth-order valence-corrected chi connectivity index (χ4v) is 5.07. The Morgan fingerprint density at radius 1 is 1.18 bits per heavy atom. The van der Waals surface area contributed by atoms with E-state index in [4.69, 9.17) is 16.3 Å². The summed E-state index contributed by atoms with van der Waals surface area (Å²) in [6, 6.07) is 11.5. The fraction of sp³-hybridized carbons (Fsp3) is 0.360. The molecule has 0 saturated carbocycles. The second kappa shape index (κ2) is 8.63. The molecule has 7 nitrogen and oxygen atoms in total. The molecule has 2 aromatic carbocycles. The summed E-state index contributed by atoms with van der Waals surface area (Å²) in [5, 5.41) is 11.2. The number of nitrogens with zero attached hydrogens (tertiary/aromatic N) is 2. The number of para-hydroxylation sites is 1. The zero-order valence-electron chi connectivity index (χ0n) is 18.8. The Balaban J connectivity index is 1.91. The number of rotatable bonds is 5. The number of ether oxygens (including phenoxy) is 1. The average molecular weight is 469 g/mol. The van der Waals surface area contributed by atoms with Gasteiger partial charge in [0.2, 0.25) is 5.91 Å². The molecular formula is C25H25ClN2O5. The summed E-state index contributed by atoms with van der Waals surface area (Å²) in [5.74, 6) is 0.00964. The Bertz CT molecular complexity index is 1190. The minimum absolute atomic E-state index is 0.00640. The van der Waals surface area contributed by atoms with Crippen LogP contribution in [0.2, 0.25) is 5.02 Å². The molecule has 2 aliphatic rings. The van der Waals surface area contributed by atoms with Crippen LogP contribution in [0, 0.1) is 15.5 Å². The Morgan fingerprint density at radius 2 is 1.91 bits per heavy atom. The highest BCUT2D eigenvalue weighted by atomic mass is 35.5. The highest BCUT2D eigenvalue weighted by molar-refractivity contribution is 6.34. The summed E-state index contributed by atoms with van der Waals surface area (Å²) in [4.78, 5) is 39.1. The Morgan fingerprint density at radius 3 is 2.58 bits per heavy atom. The molecule has 1 atom stereocenters. The minimum Gasteiger partial charge on any atom is -0.494 e. The van der Waals surface area contributed by atoms with Crippen LogP contribution in [0.4, 0.5) is 11.4 Å². The van der Waals surface area contributed by atoms with E-state index < -0.39 is 10.8 Å². The number of Topliss-reactive ketones (excluding diaryl/α,β-unsaturated/α-hetero) is 1. The van der Waals surface area contributed by atoms with Crippen LogP contribution >= 0.6 is 11.6 Å². The molecule has 0 bridgehead atoms. The van der Waals surface area contributed by atoms with Crippen LogP contribution in [-0.2, 0) is 9.59 Å². The van der Waals surface area contributed by atoms with Crippen molar-refractivity contribution in [2.75, 3.05) is 11.5 Å². The molecule has 1 unspecified atom stereocenters. The predicted octanol–water partition coefficient (Wildman–Crippen LogP) is 5.81. The van der Waals surface area contributed by atoms with Gasteiger partial charge in [-0.2, -0.15) is 0 Å². The molecule has 0 radical (unpaired) electrons. The Hall–Kier alpha value is -3.19. The second-order valence-corrected chi connectivity index (χ2v) is 9.56. The van der Waals surface area contributed by atoms with Gasteiger partial charge in [-0.3, -0.25) is 24.6 Å². The largest absolute Gasteiger partial charge is 0.494 e. The number of allylic oxidation sites excluding steroid dienone is 2. The summed E-state index contributed by atoms with van der Waals surface area (Å²) >= 11 is 6.40. The molecule has 8 heteroatoms. The number of halogens is 1. The van der Waals surface area contributed by atoms with Gasteiger partial charge >= 0.3 is 0 Å². The van der Waals surface area contributed by atoms with E-state index in [9.17, 15) is 19.7 Å². The number of anilines is 1. The lowest BCUT2D eigenvalue weighted by Crippen LogP contribution is -2.44. The number of non-ortho nitro benzene ring substituents is 1. The number of benzene rings is 2. The molecule has 0 saturated heterocycles. The molecule has 0 aromatic heterocycles. The van der Waals surface area contributed by atoms with Crippen molar-refractivity contribution >= 4 is 34.7 Å². The van der Waals surface area contributed by atoms with Gasteiger partial charge in [-0.1, -0.05) is 43.6 Å². The van der Waals surface area contributed by atoms with Crippen LogP contribution in [0.1, 0.15) is 51.5 Å². The third kappa shape index (κ3) is 4.25. The van der Waals surface area contributed by atoms with E-state index in [-0.39, 0.29) is 34.2 Å². The molecule has 0 spiro atoms. The average Bonchev–Trinajstić information content (AvgIpc) is 2.73. The van der Waals surface area contributed by atoms with Gasteiger partial charge in [0.25, 0.3) is 5.69 Å². The van der Waals surface area contributed by atoms with Gasteiger partial charge in [0.15, 0.2) is 5.78 Å². The lowest BCUT2D eigenvalue weighted by molar-refractivity contribution is -0.384. The van der Waals surface area contributed by atoms with Crippen LogP contribution in [0.25, 0.3) is 0 Å². The van der Waals surface area contributed by atoms with Crippen LogP contribution in [0.3, 0.4) is 0 Å². The van der Waals surface area contributed by atoms with E-state index in [0.717, 1.165) is 5.56 Å². The van der Waals surface area contributed by atoms with Gasteiger partial charge in [-0.05, 0) is 30.9 Å². The molecule has 4 rings (SSSR count).